The highest BCUT2D eigenvalue weighted by Crippen LogP contribution is 2.16. The molecule has 1 unspecified atom stereocenters. The van der Waals surface area contributed by atoms with Crippen LogP contribution < -0.4 is 5.32 Å². The molecule has 0 aliphatic carbocycles. The van der Waals surface area contributed by atoms with Gasteiger partial charge in [0.1, 0.15) is 11.9 Å². The quantitative estimate of drug-likeness (QED) is 0.808. The third-order valence-electron chi connectivity index (χ3n) is 2.60. The summed E-state index contributed by atoms with van der Waals surface area (Å²) >= 11 is 3.20. The molecule has 0 radical (unpaired) electrons. The molecular formula is C14H15BrFNO3. The van der Waals surface area contributed by atoms with Gasteiger partial charge in [0.25, 0.3) is 0 Å². The predicted molar refractivity (Wildman–Crippen MR) is 77.5 cm³/mol. The maximum Gasteiger partial charge on any atom is 0.326 e. The number of benzene rings is 1. The molecule has 1 aromatic carbocycles. The van der Waals surface area contributed by atoms with Crippen LogP contribution >= 0.6 is 15.9 Å². The Morgan fingerprint density at radius 2 is 2.05 bits per heavy atom. The maximum atomic E-state index is 13.4. The third kappa shape index (κ3) is 4.77. The highest BCUT2D eigenvalue weighted by molar-refractivity contribution is 9.10. The van der Waals surface area contributed by atoms with Gasteiger partial charge in [-0.15, -0.1) is 0 Å². The molecule has 0 aliphatic heterocycles. The lowest BCUT2D eigenvalue weighted by molar-refractivity contribution is -0.142. The number of hydrogen-bond acceptors (Lipinski definition) is 2. The van der Waals surface area contributed by atoms with Crippen LogP contribution in [0.25, 0.3) is 6.08 Å². The zero-order valence-corrected chi connectivity index (χ0v) is 12.6. The van der Waals surface area contributed by atoms with Crippen LogP contribution in [0.15, 0.2) is 28.7 Å². The SMILES string of the molecule is CC(C)C(NC(=O)/C=C/c1cc(Br)ccc1F)C(=O)O. The average molecular weight is 344 g/mol. The Bertz CT molecular complexity index is 543. The van der Waals surface area contributed by atoms with Gasteiger partial charge >= 0.3 is 5.97 Å². The van der Waals surface area contributed by atoms with E-state index in [1.54, 1.807) is 19.9 Å². The van der Waals surface area contributed by atoms with Crippen LogP contribution in [0.4, 0.5) is 4.39 Å². The van der Waals surface area contributed by atoms with Crippen LogP contribution in [0.5, 0.6) is 0 Å². The predicted octanol–water partition coefficient (Wildman–Crippen LogP) is 2.83. The van der Waals surface area contributed by atoms with Crippen molar-refractivity contribution in [2.45, 2.75) is 19.9 Å². The van der Waals surface area contributed by atoms with E-state index in [9.17, 15) is 14.0 Å². The second-order valence-corrected chi connectivity index (χ2v) is 5.48. The number of carbonyl (C=O) groups is 2. The van der Waals surface area contributed by atoms with Gasteiger partial charge < -0.3 is 10.4 Å². The second-order valence-electron chi connectivity index (χ2n) is 4.57. The molecule has 0 saturated carbocycles. The first kappa shape index (κ1) is 16.4. The van der Waals surface area contributed by atoms with Gasteiger partial charge in [0.15, 0.2) is 0 Å². The molecule has 1 aromatic rings. The summed E-state index contributed by atoms with van der Waals surface area (Å²) in [4.78, 5) is 22.6. The van der Waals surface area contributed by atoms with Gasteiger partial charge in [0, 0.05) is 16.1 Å². The van der Waals surface area contributed by atoms with E-state index in [4.69, 9.17) is 5.11 Å². The van der Waals surface area contributed by atoms with E-state index in [0.717, 1.165) is 6.08 Å². The first-order chi connectivity index (χ1) is 9.31. The summed E-state index contributed by atoms with van der Waals surface area (Å²) in [6, 6.07) is 3.37. The Kier molecular flexibility index (Phi) is 5.88. The topological polar surface area (TPSA) is 66.4 Å². The number of halogens is 2. The monoisotopic (exact) mass is 343 g/mol. The molecular weight excluding hydrogens is 329 g/mol. The summed E-state index contributed by atoms with van der Waals surface area (Å²) in [5, 5.41) is 11.3. The van der Waals surface area contributed by atoms with Gasteiger partial charge in [0.05, 0.1) is 0 Å². The van der Waals surface area contributed by atoms with E-state index in [2.05, 4.69) is 21.2 Å². The zero-order chi connectivity index (χ0) is 15.3. The number of carboxylic acids is 1. The Morgan fingerprint density at radius 1 is 1.40 bits per heavy atom. The lowest BCUT2D eigenvalue weighted by atomic mass is 10.0. The minimum atomic E-state index is -1.10. The fourth-order valence-electron chi connectivity index (χ4n) is 1.52. The van der Waals surface area contributed by atoms with Crippen molar-refractivity contribution in [2.75, 3.05) is 0 Å². The Labute approximate surface area is 124 Å². The molecule has 1 rings (SSSR count). The molecule has 20 heavy (non-hydrogen) atoms. The Hall–Kier alpha value is -1.69. The Morgan fingerprint density at radius 3 is 2.60 bits per heavy atom. The molecule has 6 heteroatoms. The smallest absolute Gasteiger partial charge is 0.326 e. The molecule has 1 atom stereocenters. The van der Waals surface area contributed by atoms with Crippen LogP contribution in [-0.2, 0) is 9.59 Å². The highest BCUT2D eigenvalue weighted by atomic mass is 79.9. The molecule has 0 fully saturated rings. The minimum Gasteiger partial charge on any atom is -0.480 e. The average Bonchev–Trinajstić information content (AvgIpc) is 2.36. The number of carbonyl (C=O) groups excluding carboxylic acids is 1. The number of hydrogen-bond donors (Lipinski definition) is 2. The van der Waals surface area contributed by atoms with Crippen LogP contribution in [0.2, 0.25) is 0 Å². The maximum absolute atomic E-state index is 13.4. The highest BCUT2D eigenvalue weighted by Gasteiger charge is 2.22. The third-order valence-corrected chi connectivity index (χ3v) is 3.10. The van der Waals surface area contributed by atoms with Crippen LogP contribution in [0.1, 0.15) is 19.4 Å². The van der Waals surface area contributed by atoms with E-state index >= 15 is 0 Å². The largest absolute Gasteiger partial charge is 0.480 e. The van der Waals surface area contributed by atoms with Gasteiger partial charge in [-0.05, 0) is 30.2 Å². The van der Waals surface area contributed by atoms with Crippen molar-refractivity contribution in [3.63, 3.8) is 0 Å². The van der Waals surface area contributed by atoms with E-state index in [1.807, 2.05) is 0 Å². The van der Waals surface area contributed by atoms with Crippen molar-refractivity contribution >= 4 is 33.9 Å². The first-order valence-corrected chi connectivity index (χ1v) is 6.77. The minimum absolute atomic E-state index is 0.242. The molecule has 1 amide bonds. The van der Waals surface area contributed by atoms with Gasteiger partial charge in [-0.25, -0.2) is 9.18 Å². The summed E-state index contributed by atoms with van der Waals surface area (Å²) in [7, 11) is 0. The van der Waals surface area contributed by atoms with Gasteiger partial charge in [0.2, 0.25) is 5.91 Å². The molecule has 0 saturated heterocycles. The van der Waals surface area contributed by atoms with Crippen molar-refractivity contribution in [1.82, 2.24) is 5.32 Å². The summed E-state index contributed by atoms with van der Waals surface area (Å²) in [5.41, 5.74) is 0.242. The first-order valence-electron chi connectivity index (χ1n) is 5.97. The standard InChI is InChI=1S/C14H15BrFNO3/c1-8(2)13(14(19)20)17-12(18)6-3-9-7-10(15)4-5-11(9)16/h3-8,13H,1-2H3,(H,17,18)(H,19,20)/b6-3+. The van der Waals surface area contributed by atoms with E-state index in [0.29, 0.717) is 4.47 Å². The van der Waals surface area contributed by atoms with E-state index < -0.39 is 23.7 Å². The van der Waals surface area contributed by atoms with Gasteiger partial charge in [-0.3, -0.25) is 4.79 Å². The number of aliphatic carboxylic acids is 1. The fourth-order valence-corrected chi connectivity index (χ4v) is 1.90. The number of carboxylic acid groups (broad SMARTS) is 1. The number of rotatable bonds is 5. The van der Waals surface area contributed by atoms with Crippen LogP contribution in [-0.4, -0.2) is 23.0 Å². The number of amides is 1. The molecule has 4 nitrogen and oxygen atoms in total. The molecule has 108 valence electrons. The van der Waals surface area contributed by atoms with Crippen molar-refractivity contribution in [3.8, 4) is 0 Å². The molecule has 0 spiro atoms. The van der Waals surface area contributed by atoms with Crippen molar-refractivity contribution in [3.05, 3.63) is 40.1 Å². The summed E-state index contributed by atoms with van der Waals surface area (Å²) in [6.07, 6.45) is 2.41. The second kappa shape index (κ2) is 7.19. The zero-order valence-electron chi connectivity index (χ0n) is 11.1. The van der Waals surface area contributed by atoms with Crippen LogP contribution in [0.3, 0.4) is 0 Å². The molecule has 0 aromatic heterocycles. The summed E-state index contributed by atoms with van der Waals surface area (Å²) in [6.45, 7) is 3.38. The number of nitrogens with one attached hydrogen (secondary N) is 1. The fraction of sp³-hybridized carbons (Fsp3) is 0.286. The lowest BCUT2D eigenvalue weighted by Crippen LogP contribution is -2.43. The van der Waals surface area contributed by atoms with Gasteiger partial charge in [-0.1, -0.05) is 29.8 Å². The molecule has 0 heterocycles. The summed E-state index contributed by atoms with van der Waals surface area (Å²) < 4.78 is 14.1. The van der Waals surface area contributed by atoms with Gasteiger partial charge in [-0.2, -0.15) is 0 Å². The van der Waals surface area contributed by atoms with Crippen molar-refractivity contribution in [2.24, 2.45) is 5.92 Å². The lowest BCUT2D eigenvalue weighted by Gasteiger charge is -2.16. The van der Waals surface area contributed by atoms with Crippen molar-refractivity contribution in [1.29, 1.82) is 0 Å². The van der Waals surface area contributed by atoms with E-state index in [-0.39, 0.29) is 11.5 Å². The van der Waals surface area contributed by atoms with E-state index in [1.165, 1.54) is 18.2 Å². The Balaban J connectivity index is 2.77. The molecule has 2 N–H and O–H groups in total. The van der Waals surface area contributed by atoms with Crippen molar-refractivity contribution < 1.29 is 19.1 Å². The normalized spacial score (nSPS) is 12.7. The van der Waals surface area contributed by atoms with Crippen LogP contribution in [0, 0.1) is 11.7 Å². The summed E-state index contributed by atoms with van der Waals surface area (Å²) in [5.74, 6) is -2.38. The molecule has 0 bridgehead atoms. The molecule has 0 aliphatic rings.